The maximum Gasteiger partial charge on any atom is 0.129 e. The summed E-state index contributed by atoms with van der Waals surface area (Å²) in [5.74, 6) is 1.54. The minimum Gasteiger partial charge on any atom is -0.354 e. The Hall–Kier alpha value is -3.26. The molecule has 0 spiro atoms. The van der Waals surface area contributed by atoms with Gasteiger partial charge in [-0.05, 0) is 24.1 Å². The number of hydrogen-bond acceptors (Lipinski definition) is 6. The summed E-state index contributed by atoms with van der Waals surface area (Å²) in [6.07, 6.45) is 5.76. The number of rotatable bonds is 5. The summed E-state index contributed by atoms with van der Waals surface area (Å²) in [4.78, 5) is 11.8. The Balaban J connectivity index is 1.50. The number of aromatic nitrogens is 6. The first kappa shape index (κ1) is 18.7. The second kappa shape index (κ2) is 7.87. The van der Waals surface area contributed by atoms with Gasteiger partial charge >= 0.3 is 0 Å². The number of pyridine rings is 2. The molecule has 1 saturated heterocycles. The molecule has 0 radical (unpaired) electrons. The van der Waals surface area contributed by atoms with E-state index < -0.39 is 0 Å². The molecule has 4 aromatic rings. The molecule has 1 fully saturated rings. The number of fused-ring (bicyclic) bond motifs is 1. The van der Waals surface area contributed by atoms with Crippen molar-refractivity contribution in [2.75, 3.05) is 31.1 Å². The Morgan fingerprint density at radius 2 is 1.97 bits per heavy atom. The van der Waals surface area contributed by atoms with E-state index in [2.05, 4.69) is 68.7 Å². The summed E-state index contributed by atoms with van der Waals surface area (Å²) in [5, 5.41) is 16.5. The zero-order valence-corrected chi connectivity index (χ0v) is 17.3. The molecule has 8 heteroatoms. The van der Waals surface area contributed by atoms with Gasteiger partial charge in [0.25, 0.3) is 0 Å². The van der Waals surface area contributed by atoms with Crippen LogP contribution >= 0.6 is 0 Å². The van der Waals surface area contributed by atoms with Crippen molar-refractivity contribution in [3.05, 3.63) is 42.9 Å². The molecule has 1 aliphatic heterocycles. The lowest BCUT2D eigenvalue weighted by Gasteiger charge is -2.28. The van der Waals surface area contributed by atoms with Crippen molar-refractivity contribution in [2.24, 2.45) is 5.92 Å². The van der Waals surface area contributed by atoms with Crippen LogP contribution in [0, 0.1) is 5.92 Å². The van der Waals surface area contributed by atoms with Crippen LogP contribution in [0.1, 0.15) is 13.8 Å². The second-order valence-electron chi connectivity index (χ2n) is 8.15. The highest BCUT2D eigenvalue weighted by Crippen LogP contribution is 2.29. The second-order valence-corrected chi connectivity index (χ2v) is 8.15. The van der Waals surface area contributed by atoms with Gasteiger partial charge in [0.2, 0.25) is 0 Å². The molecule has 8 nitrogen and oxygen atoms in total. The smallest absolute Gasteiger partial charge is 0.129 e. The molecule has 2 N–H and O–H groups in total. The van der Waals surface area contributed by atoms with Crippen molar-refractivity contribution in [3.8, 4) is 22.6 Å². The summed E-state index contributed by atoms with van der Waals surface area (Å²) in [7, 11) is 0. The van der Waals surface area contributed by atoms with Crippen molar-refractivity contribution >= 4 is 16.7 Å². The molecule has 5 heterocycles. The van der Waals surface area contributed by atoms with Crippen LogP contribution in [0.2, 0.25) is 0 Å². The third kappa shape index (κ3) is 3.66. The van der Waals surface area contributed by atoms with Crippen molar-refractivity contribution in [1.82, 2.24) is 35.3 Å². The third-order valence-electron chi connectivity index (χ3n) is 5.35. The van der Waals surface area contributed by atoms with Gasteiger partial charge in [-0.3, -0.25) is 14.8 Å². The molecule has 0 saturated carbocycles. The van der Waals surface area contributed by atoms with Crippen LogP contribution in [0.25, 0.3) is 33.5 Å². The van der Waals surface area contributed by atoms with Crippen LogP contribution in [-0.2, 0) is 6.54 Å². The van der Waals surface area contributed by atoms with Crippen molar-refractivity contribution in [2.45, 2.75) is 20.4 Å². The van der Waals surface area contributed by atoms with Crippen LogP contribution in [0.5, 0.6) is 0 Å². The van der Waals surface area contributed by atoms with Crippen molar-refractivity contribution in [3.63, 3.8) is 0 Å². The first-order valence-corrected chi connectivity index (χ1v) is 10.5. The molecular weight excluding hydrogens is 376 g/mol. The SMILES string of the molecule is CC(C)Cn1cc(-c2cc3c(-c4cccc(N5CCNCC5)n4)n[nH]c3cn2)cn1. The Kier molecular flexibility index (Phi) is 4.92. The van der Waals surface area contributed by atoms with Crippen molar-refractivity contribution in [1.29, 1.82) is 0 Å². The summed E-state index contributed by atoms with van der Waals surface area (Å²) in [5.41, 5.74) is 4.51. The lowest BCUT2D eigenvalue weighted by molar-refractivity contribution is 0.483. The van der Waals surface area contributed by atoms with E-state index in [0.29, 0.717) is 5.92 Å². The largest absolute Gasteiger partial charge is 0.354 e. The molecule has 154 valence electrons. The van der Waals surface area contributed by atoms with Crippen molar-refractivity contribution < 1.29 is 0 Å². The van der Waals surface area contributed by atoms with Crippen LogP contribution in [0.4, 0.5) is 5.82 Å². The third-order valence-corrected chi connectivity index (χ3v) is 5.35. The molecule has 4 aromatic heterocycles. The maximum atomic E-state index is 4.91. The standard InChI is InChI=1S/C22H26N8/c1-15(2)13-30-14-16(11-25-30)19-10-17-20(12-24-19)27-28-22(17)18-4-3-5-21(26-18)29-8-6-23-7-9-29/h3-5,10-12,14-15,23H,6-9,13H2,1-2H3,(H,27,28). The number of piperazine rings is 1. The van der Waals surface area contributed by atoms with Gasteiger partial charge in [-0.25, -0.2) is 4.98 Å². The van der Waals surface area contributed by atoms with Gasteiger partial charge in [0.15, 0.2) is 0 Å². The summed E-state index contributed by atoms with van der Waals surface area (Å²) >= 11 is 0. The molecule has 0 unspecified atom stereocenters. The summed E-state index contributed by atoms with van der Waals surface area (Å²) in [6.45, 7) is 9.16. The predicted octanol–water partition coefficient (Wildman–Crippen LogP) is 2.95. The highest BCUT2D eigenvalue weighted by molar-refractivity contribution is 5.93. The quantitative estimate of drug-likeness (QED) is 0.534. The first-order chi connectivity index (χ1) is 14.7. The van der Waals surface area contributed by atoms with Gasteiger partial charge in [0.05, 0.1) is 29.3 Å². The highest BCUT2D eigenvalue weighted by Gasteiger charge is 2.16. The Bertz CT molecular complexity index is 1150. The number of aromatic amines is 1. The van der Waals surface area contributed by atoms with Gasteiger partial charge in [-0.15, -0.1) is 0 Å². The van der Waals surface area contributed by atoms with E-state index in [4.69, 9.17) is 4.98 Å². The molecule has 0 atom stereocenters. The van der Waals surface area contributed by atoms with Crippen LogP contribution in [0.15, 0.2) is 42.9 Å². The topological polar surface area (TPSA) is 87.5 Å². The lowest BCUT2D eigenvalue weighted by atomic mass is 10.1. The normalized spacial score (nSPS) is 14.7. The van der Waals surface area contributed by atoms with Crippen LogP contribution in [-0.4, -0.2) is 56.1 Å². The van der Waals surface area contributed by atoms with Gasteiger partial charge in [0.1, 0.15) is 11.5 Å². The van der Waals surface area contributed by atoms with Gasteiger partial charge in [0, 0.05) is 49.9 Å². The molecule has 0 aromatic carbocycles. The Morgan fingerprint density at radius 3 is 2.80 bits per heavy atom. The van der Waals surface area contributed by atoms with E-state index in [-0.39, 0.29) is 0 Å². The van der Waals surface area contributed by atoms with Crippen LogP contribution < -0.4 is 10.2 Å². The van der Waals surface area contributed by atoms with Gasteiger partial charge < -0.3 is 10.2 Å². The number of H-pyrrole nitrogens is 1. The number of nitrogens with zero attached hydrogens (tertiary/aromatic N) is 6. The highest BCUT2D eigenvalue weighted by atomic mass is 15.3. The van der Waals surface area contributed by atoms with E-state index in [1.54, 1.807) is 0 Å². The van der Waals surface area contributed by atoms with E-state index in [1.165, 1.54) is 0 Å². The fraction of sp³-hybridized carbons (Fsp3) is 0.364. The molecule has 0 bridgehead atoms. The predicted molar refractivity (Wildman–Crippen MR) is 118 cm³/mol. The average Bonchev–Trinajstić information content (AvgIpc) is 3.40. The van der Waals surface area contributed by atoms with E-state index in [9.17, 15) is 0 Å². The summed E-state index contributed by atoms with van der Waals surface area (Å²) in [6, 6.07) is 8.21. The molecule has 30 heavy (non-hydrogen) atoms. The van der Waals surface area contributed by atoms with E-state index in [1.807, 2.05) is 23.1 Å². The van der Waals surface area contributed by atoms with Gasteiger partial charge in [-0.1, -0.05) is 19.9 Å². The fourth-order valence-corrected chi connectivity index (χ4v) is 3.86. The molecule has 0 aliphatic carbocycles. The number of hydrogen-bond donors (Lipinski definition) is 2. The maximum absolute atomic E-state index is 4.91. The lowest BCUT2D eigenvalue weighted by Crippen LogP contribution is -2.43. The Morgan fingerprint density at radius 1 is 1.10 bits per heavy atom. The molecule has 5 rings (SSSR count). The fourth-order valence-electron chi connectivity index (χ4n) is 3.86. The molecule has 1 aliphatic rings. The van der Waals surface area contributed by atoms with E-state index in [0.717, 1.165) is 72.1 Å². The van der Waals surface area contributed by atoms with E-state index >= 15 is 0 Å². The van der Waals surface area contributed by atoms with Gasteiger partial charge in [-0.2, -0.15) is 10.2 Å². The number of nitrogens with one attached hydrogen (secondary N) is 2. The molecule has 0 amide bonds. The summed E-state index contributed by atoms with van der Waals surface area (Å²) < 4.78 is 1.97. The Labute approximate surface area is 175 Å². The zero-order chi connectivity index (χ0) is 20.5. The number of anilines is 1. The van der Waals surface area contributed by atoms with Crippen LogP contribution in [0.3, 0.4) is 0 Å². The first-order valence-electron chi connectivity index (χ1n) is 10.5. The monoisotopic (exact) mass is 402 g/mol. The molecular formula is C22H26N8. The minimum atomic E-state index is 0.544. The minimum absolute atomic E-state index is 0.544. The average molecular weight is 403 g/mol. The zero-order valence-electron chi connectivity index (χ0n) is 17.3.